The zero-order valence-electron chi connectivity index (χ0n) is 18.4. The van der Waals surface area contributed by atoms with Crippen LogP contribution in [0.2, 0.25) is 5.02 Å². The molecule has 1 aromatic carbocycles. The summed E-state index contributed by atoms with van der Waals surface area (Å²) >= 11 is 8.29. The Hall–Kier alpha value is -2.49. The number of benzene rings is 1. The number of anilines is 1. The van der Waals surface area contributed by atoms with Crippen LogP contribution >= 0.6 is 23.4 Å². The van der Waals surface area contributed by atoms with E-state index >= 15 is 0 Å². The first kappa shape index (κ1) is 22.3. The van der Waals surface area contributed by atoms with Gasteiger partial charge >= 0.3 is 6.09 Å². The van der Waals surface area contributed by atoms with E-state index in [1.807, 2.05) is 6.07 Å². The van der Waals surface area contributed by atoms with Crippen LogP contribution in [-0.4, -0.2) is 77.7 Å². The van der Waals surface area contributed by atoms with Gasteiger partial charge in [0, 0.05) is 42.7 Å². The molecule has 0 atom stereocenters. The minimum atomic E-state index is -0.258. The minimum absolute atomic E-state index is 0.258. The molecule has 0 radical (unpaired) electrons. The van der Waals surface area contributed by atoms with E-state index in [9.17, 15) is 4.79 Å². The molecule has 4 heterocycles. The Morgan fingerprint density at radius 3 is 2.58 bits per heavy atom. The van der Waals surface area contributed by atoms with Crippen LogP contribution in [-0.2, 0) is 9.47 Å². The number of halogens is 1. The van der Waals surface area contributed by atoms with E-state index in [0.717, 1.165) is 61.1 Å². The number of aromatic nitrogens is 3. The van der Waals surface area contributed by atoms with Gasteiger partial charge in [0.1, 0.15) is 0 Å². The molecule has 1 N–H and O–H groups in total. The fourth-order valence-corrected chi connectivity index (χ4v) is 5.58. The molecule has 1 amide bonds. The van der Waals surface area contributed by atoms with Crippen molar-refractivity contribution in [2.75, 3.05) is 51.4 Å². The van der Waals surface area contributed by atoms with E-state index in [-0.39, 0.29) is 6.09 Å². The second-order valence-corrected chi connectivity index (χ2v) is 9.85. The third-order valence-electron chi connectivity index (χ3n) is 6.08. The number of hydrogen-bond donors (Lipinski definition) is 1. The third kappa shape index (κ3) is 4.90. The SMILES string of the molecule is COC(=O)N1CCC(Sc2nc3nc(-c4ccc(N5CCOCC5)cc4)c(Cl)cc3[nH]2)CC1. The van der Waals surface area contributed by atoms with Crippen molar-refractivity contribution in [3.63, 3.8) is 0 Å². The lowest BCUT2D eigenvalue weighted by Gasteiger charge is -2.29. The van der Waals surface area contributed by atoms with E-state index in [1.165, 1.54) is 12.8 Å². The summed E-state index contributed by atoms with van der Waals surface area (Å²) in [5, 5.41) is 1.80. The molecule has 0 aliphatic carbocycles. The number of piperidine rings is 1. The first-order valence-corrected chi connectivity index (χ1v) is 12.4. The van der Waals surface area contributed by atoms with Gasteiger partial charge in [-0.1, -0.05) is 35.5 Å². The fraction of sp³-hybridized carbons (Fsp3) is 0.435. The van der Waals surface area contributed by atoms with Gasteiger partial charge in [-0.05, 0) is 31.0 Å². The van der Waals surface area contributed by atoms with Gasteiger partial charge < -0.3 is 24.3 Å². The number of aromatic amines is 1. The largest absolute Gasteiger partial charge is 0.453 e. The maximum Gasteiger partial charge on any atom is 0.409 e. The number of fused-ring (bicyclic) bond motifs is 1. The monoisotopic (exact) mass is 487 g/mol. The van der Waals surface area contributed by atoms with Gasteiger partial charge in [-0.3, -0.25) is 0 Å². The number of rotatable bonds is 4. The van der Waals surface area contributed by atoms with Crippen molar-refractivity contribution < 1.29 is 14.3 Å². The number of imidazole rings is 1. The number of H-pyrrole nitrogens is 1. The molecule has 2 saturated heterocycles. The quantitative estimate of drug-likeness (QED) is 0.582. The van der Waals surface area contributed by atoms with Crippen LogP contribution in [0.5, 0.6) is 0 Å². The van der Waals surface area contributed by atoms with Gasteiger partial charge in [0.15, 0.2) is 10.8 Å². The van der Waals surface area contributed by atoms with Crippen LogP contribution in [0.1, 0.15) is 12.8 Å². The molecule has 2 aliphatic heterocycles. The summed E-state index contributed by atoms with van der Waals surface area (Å²) in [6, 6.07) is 10.2. The standard InChI is InChI=1S/C23H26ClN5O3S/c1-31-23(30)29-8-6-17(7-9-29)33-22-25-19-14-18(24)20(26-21(19)27-22)15-2-4-16(5-3-15)28-10-12-32-13-11-28/h2-5,14,17H,6-13H2,1H3,(H,25,26,27). The number of carbonyl (C=O) groups excluding carboxylic acids is 1. The van der Waals surface area contributed by atoms with E-state index in [4.69, 9.17) is 31.0 Å². The number of pyridine rings is 1. The number of nitrogens with zero attached hydrogens (tertiary/aromatic N) is 4. The maximum atomic E-state index is 11.7. The Kier molecular flexibility index (Phi) is 6.62. The molecule has 5 rings (SSSR count). The number of carbonyl (C=O) groups is 1. The lowest BCUT2D eigenvalue weighted by molar-refractivity contribution is 0.116. The summed E-state index contributed by atoms with van der Waals surface area (Å²) in [4.78, 5) is 28.5. The summed E-state index contributed by atoms with van der Waals surface area (Å²) < 4.78 is 10.3. The van der Waals surface area contributed by atoms with E-state index in [2.05, 4.69) is 34.1 Å². The molecule has 2 fully saturated rings. The number of methoxy groups -OCH3 is 1. The number of likely N-dealkylation sites (tertiary alicyclic amines) is 1. The molecule has 3 aromatic rings. The summed E-state index contributed by atoms with van der Waals surface area (Å²) in [5.74, 6) is 0. The van der Waals surface area contributed by atoms with Crippen molar-refractivity contribution in [1.29, 1.82) is 0 Å². The number of thioether (sulfide) groups is 1. The lowest BCUT2D eigenvalue weighted by atomic mass is 10.1. The van der Waals surface area contributed by atoms with Crippen LogP contribution in [0.15, 0.2) is 35.5 Å². The van der Waals surface area contributed by atoms with Crippen LogP contribution in [0, 0.1) is 0 Å². The summed E-state index contributed by atoms with van der Waals surface area (Å²) in [6.45, 7) is 4.71. The van der Waals surface area contributed by atoms with Gasteiger partial charge in [0.05, 0.1) is 36.6 Å². The molecule has 2 aromatic heterocycles. The second kappa shape index (κ2) is 9.79. The van der Waals surface area contributed by atoms with Crippen molar-refractivity contribution in [3.8, 4) is 11.3 Å². The van der Waals surface area contributed by atoms with E-state index < -0.39 is 0 Å². The average Bonchev–Trinajstić information content (AvgIpc) is 3.25. The zero-order valence-corrected chi connectivity index (χ0v) is 20.0. The highest BCUT2D eigenvalue weighted by molar-refractivity contribution is 7.99. The molecule has 8 nitrogen and oxygen atoms in total. The normalized spacial score (nSPS) is 17.5. The number of ether oxygens (including phenoxy) is 2. The third-order valence-corrected chi connectivity index (χ3v) is 7.58. The Bertz CT molecular complexity index is 1130. The van der Waals surface area contributed by atoms with Crippen LogP contribution in [0.25, 0.3) is 22.4 Å². The topological polar surface area (TPSA) is 83.6 Å². The molecule has 0 spiro atoms. The fourth-order valence-electron chi connectivity index (χ4n) is 4.25. The Morgan fingerprint density at radius 1 is 1.15 bits per heavy atom. The van der Waals surface area contributed by atoms with Gasteiger partial charge in [-0.25, -0.2) is 14.8 Å². The first-order chi connectivity index (χ1) is 16.1. The minimum Gasteiger partial charge on any atom is -0.453 e. The predicted octanol–water partition coefficient (Wildman–Crippen LogP) is 4.44. The highest BCUT2D eigenvalue weighted by atomic mass is 35.5. The van der Waals surface area contributed by atoms with Crippen LogP contribution in [0.4, 0.5) is 10.5 Å². The van der Waals surface area contributed by atoms with Gasteiger partial charge in [0.2, 0.25) is 0 Å². The Morgan fingerprint density at radius 2 is 1.88 bits per heavy atom. The molecular weight excluding hydrogens is 462 g/mol. The summed E-state index contributed by atoms with van der Waals surface area (Å²) in [5.41, 5.74) is 4.35. The molecule has 0 unspecified atom stereocenters. The van der Waals surface area contributed by atoms with E-state index in [1.54, 1.807) is 16.7 Å². The second-order valence-electron chi connectivity index (χ2n) is 8.15. The van der Waals surface area contributed by atoms with Crippen LogP contribution < -0.4 is 4.90 Å². The van der Waals surface area contributed by atoms with Crippen molar-refractivity contribution in [2.45, 2.75) is 23.2 Å². The number of hydrogen-bond acceptors (Lipinski definition) is 7. The number of morpholine rings is 1. The van der Waals surface area contributed by atoms with Gasteiger partial charge in [-0.2, -0.15) is 0 Å². The van der Waals surface area contributed by atoms with Crippen molar-refractivity contribution in [3.05, 3.63) is 35.4 Å². The van der Waals surface area contributed by atoms with Crippen molar-refractivity contribution in [1.82, 2.24) is 19.9 Å². The Balaban J connectivity index is 1.30. The predicted molar refractivity (Wildman–Crippen MR) is 130 cm³/mol. The number of amides is 1. The lowest BCUT2D eigenvalue weighted by Crippen LogP contribution is -2.39. The first-order valence-electron chi connectivity index (χ1n) is 11.1. The molecule has 174 valence electrons. The summed E-state index contributed by atoms with van der Waals surface area (Å²) in [6.07, 6.45) is 1.53. The van der Waals surface area contributed by atoms with Gasteiger partial charge in [-0.15, -0.1) is 0 Å². The van der Waals surface area contributed by atoms with Crippen molar-refractivity contribution in [2.24, 2.45) is 0 Å². The highest BCUT2D eigenvalue weighted by Gasteiger charge is 2.25. The molecule has 0 saturated carbocycles. The molecule has 33 heavy (non-hydrogen) atoms. The van der Waals surface area contributed by atoms with Crippen molar-refractivity contribution >= 4 is 46.3 Å². The zero-order chi connectivity index (χ0) is 22.8. The van der Waals surface area contributed by atoms with E-state index in [0.29, 0.717) is 29.0 Å². The van der Waals surface area contributed by atoms with Crippen LogP contribution in [0.3, 0.4) is 0 Å². The Labute approximate surface area is 201 Å². The molecule has 10 heteroatoms. The molecule has 0 bridgehead atoms. The average molecular weight is 488 g/mol. The molecular formula is C23H26ClN5O3S. The molecule has 2 aliphatic rings. The van der Waals surface area contributed by atoms with Gasteiger partial charge in [0.25, 0.3) is 0 Å². The number of nitrogens with one attached hydrogen (secondary N) is 1. The highest BCUT2D eigenvalue weighted by Crippen LogP contribution is 2.33. The summed E-state index contributed by atoms with van der Waals surface area (Å²) in [7, 11) is 1.42. The smallest absolute Gasteiger partial charge is 0.409 e. The maximum absolute atomic E-state index is 11.7.